The minimum Gasteiger partial charge on any atom is -0.496 e. The predicted molar refractivity (Wildman–Crippen MR) is 97.9 cm³/mol. The van der Waals surface area contributed by atoms with Gasteiger partial charge in [-0.1, -0.05) is 18.2 Å². The standard InChI is InChI=1S/C20H25N3O2/c1-14-11-15-7-9-22(14)13-18(15)21-20(24)23-10-8-16(12-23)17-5-3-4-6-19(17)25-2/h3-6,8,10,12,14-15,18H,7,9,11,13H2,1-2H3,(H,21,24)/t14?,15?,18-/m0/s1. The topological polar surface area (TPSA) is 46.5 Å². The number of carbonyl (C=O) groups excluding carboxylic acids is 1. The first kappa shape index (κ1) is 16.2. The number of rotatable bonds is 3. The predicted octanol–water partition coefficient (Wildman–Crippen LogP) is 3.20. The molecule has 1 aromatic heterocycles. The van der Waals surface area contributed by atoms with Crippen LogP contribution in [0.1, 0.15) is 19.8 Å². The third-order valence-corrected chi connectivity index (χ3v) is 5.71. The summed E-state index contributed by atoms with van der Waals surface area (Å²) in [5.41, 5.74) is 1.98. The van der Waals surface area contributed by atoms with E-state index in [4.69, 9.17) is 4.74 Å². The highest BCUT2D eigenvalue weighted by atomic mass is 16.5. The van der Waals surface area contributed by atoms with E-state index in [-0.39, 0.29) is 12.1 Å². The van der Waals surface area contributed by atoms with E-state index >= 15 is 0 Å². The summed E-state index contributed by atoms with van der Waals surface area (Å²) in [6, 6.07) is 10.7. The van der Waals surface area contributed by atoms with E-state index in [1.807, 2.05) is 42.7 Å². The molecule has 0 radical (unpaired) electrons. The van der Waals surface area contributed by atoms with Crippen molar-refractivity contribution in [3.05, 3.63) is 42.7 Å². The molecule has 132 valence electrons. The van der Waals surface area contributed by atoms with Crippen molar-refractivity contribution in [3.63, 3.8) is 0 Å². The molecule has 0 spiro atoms. The molecule has 3 unspecified atom stereocenters. The lowest BCUT2D eigenvalue weighted by Gasteiger charge is -2.48. The summed E-state index contributed by atoms with van der Waals surface area (Å²) in [6.45, 7) is 4.42. The molecule has 1 N–H and O–H groups in total. The molecule has 3 fully saturated rings. The van der Waals surface area contributed by atoms with Gasteiger partial charge in [-0.15, -0.1) is 0 Å². The summed E-state index contributed by atoms with van der Waals surface area (Å²) in [4.78, 5) is 15.2. The molecule has 3 saturated heterocycles. The van der Waals surface area contributed by atoms with E-state index in [0.29, 0.717) is 12.0 Å². The molecule has 25 heavy (non-hydrogen) atoms. The first-order chi connectivity index (χ1) is 12.2. The molecule has 5 heteroatoms. The van der Waals surface area contributed by atoms with Crippen molar-refractivity contribution >= 4 is 6.03 Å². The average molecular weight is 339 g/mol. The van der Waals surface area contributed by atoms with Crippen LogP contribution < -0.4 is 10.1 Å². The van der Waals surface area contributed by atoms with Gasteiger partial charge in [-0.25, -0.2) is 4.79 Å². The van der Waals surface area contributed by atoms with Gasteiger partial charge in [-0.05, 0) is 44.4 Å². The molecule has 3 aliphatic heterocycles. The maximum Gasteiger partial charge on any atom is 0.325 e. The minimum absolute atomic E-state index is 0.0486. The Hall–Kier alpha value is -2.27. The number of fused-ring (bicyclic) bond motifs is 3. The van der Waals surface area contributed by atoms with Crippen LogP contribution in [0.4, 0.5) is 4.79 Å². The molecule has 0 aliphatic carbocycles. The van der Waals surface area contributed by atoms with Crippen molar-refractivity contribution in [3.8, 4) is 16.9 Å². The lowest BCUT2D eigenvalue weighted by atomic mass is 9.80. The minimum atomic E-state index is -0.0486. The number of carbonyl (C=O) groups is 1. The third kappa shape index (κ3) is 3.04. The van der Waals surface area contributed by atoms with Gasteiger partial charge in [-0.3, -0.25) is 9.47 Å². The van der Waals surface area contributed by atoms with Gasteiger partial charge in [-0.2, -0.15) is 0 Å². The second kappa shape index (κ2) is 6.56. The lowest BCUT2D eigenvalue weighted by Crippen LogP contribution is -2.60. The Labute approximate surface area is 148 Å². The maximum atomic E-state index is 12.7. The molecular formula is C20H25N3O2. The van der Waals surface area contributed by atoms with Crippen LogP contribution in [0.5, 0.6) is 5.75 Å². The molecule has 5 rings (SSSR count). The van der Waals surface area contributed by atoms with Gasteiger partial charge in [0.15, 0.2) is 0 Å². The summed E-state index contributed by atoms with van der Waals surface area (Å²) in [5, 5.41) is 3.23. The summed E-state index contributed by atoms with van der Waals surface area (Å²) in [7, 11) is 1.66. The Balaban J connectivity index is 1.48. The maximum absolute atomic E-state index is 12.7. The van der Waals surface area contributed by atoms with Gasteiger partial charge in [0.2, 0.25) is 0 Å². The molecule has 4 atom stereocenters. The molecule has 2 aromatic rings. The number of para-hydroxylation sites is 1. The van der Waals surface area contributed by atoms with Crippen LogP contribution in [-0.2, 0) is 0 Å². The van der Waals surface area contributed by atoms with Crippen molar-refractivity contribution in [2.24, 2.45) is 5.92 Å². The third-order valence-electron chi connectivity index (χ3n) is 5.71. The number of methoxy groups -OCH3 is 1. The Bertz CT molecular complexity index is 770. The van der Waals surface area contributed by atoms with Gasteiger partial charge in [0, 0.05) is 42.1 Å². The van der Waals surface area contributed by atoms with Crippen LogP contribution in [0.15, 0.2) is 42.7 Å². The largest absolute Gasteiger partial charge is 0.496 e. The number of piperidine rings is 3. The summed E-state index contributed by atoms with van der Waals surface area (Å²) in [5.74, 6) is 1.42. The average Bonchev–Trinajstić information content (AvgIpc) is 3.13. The second-order valence-electron chi connectivity index (χ2n) is 7.19. The van der Waals surface area contributed by atoms with E-state index in [1.54, 1.807) is 11.7 Å². The summed E-state index contributed by atoms with van der Waals surface area (Å²) >= 11 is 0. The molecular weight excluding hydrogens is 314 g/mol. The number of ether oxygens (including phenoxy) is 1. The molecule has 0 saturated carbocycles. The van der Waals surface area contributed by atoms with Crippen LogP contribution in [0.3, 0.4) is 0 Å². The highest BCUT2D eigenvalue weighted by Crippen LogP contribution is 2.32. The van der Waals surface area contributed by atoms with Gasteiger partial charge in [0.1, 0.15) is 5.75 Å². The van der Waals surface area contributed by atoms with E-state index in [0.717, 1.165) is 23.4 Å². The van der Waals surface area contributed by atoms with Gasteiger partial charge >= 0.3 is 6.03 Å². The fraction of sp³-hybridized carbons (Fsp3) is 0.450. The van der Waals surface area contributed by atoms with E-state index < -0.39 is 0 Å². The fourth-order valence-electron chi connectivity index (χ4n) is 4.26. The molecule has 5 nitrogen and oxygen atoms in total. The highest BCUT2D eigenvalue weighted by Gasteiger charge is 2.38. The molecule has 3 aliphatic rings. The number of nitrogens with zero attached hydrogens (tertiary/aromatic N) is 2. The van der Waals surface area contributed by atoms with Crippen molar-refractivity contribution in [2.75, 3.05) is 20.2 Å². The van der Waals surface area contributed by atoms with E-state index in [2.05, 4.69) is 17.1 Å². The van der Waals surface area contributed by atoms with E-state index in [9.17, 15) is 4.79 Å². The molecule has 1 amide bonds. The van der Waals surface area contributed by atoms with Crippen molar-refractivity contribution in [2.45, 2.75) is 31.8 Å². The Morgan fingerprint density at radius 2 is 2.12 bits per heavy atom. The second-order valence-corrected chi connectivity index (χ2v) is 7.19. The number of benzene rings is 1. The van der Waals surface area contributed by atoms with Crippen molar-refractivity contribution in [1.82, 2.24) is 14.8 Å². The summed E-state index contributed by atoms with van der Waals surface area (Å²) < 4.78 is 7.06. The zero-order valence-electron chi connectivity index (χ0n) is 14.8. The number of aromatic nitrogens is 1. The smallest absolute Gasteiger partial charge is 0.325 e. The highest BCUT2D eigenvalue weighted by molar-refractivity contribution is 5.80. The number of nitrogens with one attached hydrogen (secondary N) is 1. The van der Waals surface area contributed by atoms with Crippen molar-refractivity contribution < 1.29 is 9.53 Å². The Morgan fingerprint density at radius 1 is 1.28 bits per heavy atom. The number of hydrogen-bond acceptors (Lipinski definition) is 3. The SMILES string of the molecule is COc1ccccc1-c1ccn(C(=O)N[C@H]2CN3CCC2CC3C)c1. The van der Waals surface area contributed by atoms with Crippen LogP contribution in [0, 0.1) is 5.92 Å². The first-order valence-electron chi connectivity index (χ1n) is 9.02. The van der Waals surface area contributed by atoms with Crippen LogP contribution in [-0.4, -0.2) is 47.8 Å². The van der Waals surface area contributed by atoms with Crippen LogP contribution >= 0.6 is 0 Å². The van der Waals surface area contributed by atoms with Gasteiger partial charge in [0.05, 0.1) is 7.11 Å². The Morgan fingerprint density at radius 3 is 2.84 bits per heavy atom. The van der Waals surface area contributed by atoms with Crippen molar-refractivity contribution in [1.29, 1.82) is 0 Å². The quantitative estimate of drug-likeness (QED) is 0.934. The fourth-order valence-corrected chi connectivity index (χ4v) is 4.26. The van der Waals surface area contributed by atoms with Crippen LogP contribution in [0.2, 0.25) is 0 Å². The van der Waals surface area contributed by atoms with Gasteiger partial charge < -0.3 is 10.1 Å². The normalized spacial score (nSPS) is 27.9. The van der Waals surface area contributed by atoms with E-state index in [1.165, 1.54) is 19.4 Å². The number of hydrogen-bond donors (Lipinski definition) is 1. The van der Waals surface area contributed by atoms with Crippen LogP contribution in [0.25, 0.3) is 11.1 Å². The molecule has 1 aromatic carbocycles. The van der Waals surface area contributed by atoms with Gasteiger partial charge in [0.25, 0.3) is 0 Å². The lowest BCUT2D eigenvalue weighted by molar-refractivity contribution is 0.0322. The zero-order valence-corrected chi connectivity index (χ0v) is 14.8. The zero-order chi connectivity index (χ0) is 17.4. The Kier molecular flexibility index (Phi) is 4.25. The monoisotopic (exact) mass is 339 g/mol. The number of amides is 1. The first-order valence-corrected chi connectivity index (χ1v) is 9.02. The molecule has 4 heterocycles. The molecule has 2 bridgehead atoms. The summed E-state index contributed by atoms with van der Waals surface area (Å²) in [6.07, 6.45) is 6.06.